The molecular weight excluding hydrogens is 496 g/mol. The highest BCUT2D eigenvalue weighted by molar-refractivity contribution is 5.86. The first-order valence-electron chi connectivity index (χ1n) is 12.8. The molecular formula is C30H34N4O5+2. The van der Waals surface area contributed by atoms with Crippen molar-refractivity contribution in [2.75, 3.05) is 13.2 Å². The summed E-state index contributed by atoms with van der Waals surface area (Å²) < 4.78 is 17.1. The van der Waals surface area contributed by atoms with Crippen molar-refractivity contribution in [3.8, 4) is 17.2 Å². The number of esters is 1. The summed E-state index contributed by atoms with van der Waals surface area (Å²) in [5.41, 5.74) is 4.70. The number of hydrogen-bond acceptors (Lipinski definition) is 7. The molecule has 1 atom stereocenters. The molecule has 0 spiro atoms. The lowest BCUT2D eigenvalue weighted by atomic mass is 10.0. The van der Waals surface area contributed by atoms with Gasteiger partial charge in [0.2, 0.25) is 11.6 Å². The van der Waals surface area contributed by atoms with Gasteiger partial charge in [0.25, 0.3) is 5.70 Å². The van der Waals surface area contributed by atoms with Gasteiger partial charge in [-0.2, -0.15) is 5.84 Å². The Morgan fingerprint density at radius 2 is 1.77 bits per heavy atom. The summed E-state index contributed by atoms with van der Waals surface area (Å²) in [7, 11) is 0. The van der Waals surface area contributed by atoms with Crippen molar-refractivity contribution >= 4 is 11.7 Å². The van der Waals surface area contributed by atoms with Gasteiger partial charge in [0.15, 0.2) is 6.10 Å². The Bertz CT molecular complexity index is 1400. The lowest BCUT2D eigenvalue weighted by Crippen LogP contribution is -2.93. The molecule has 0 bridgehead atoms. The van der Waals surface area contributed by atoms with Crippen molar-refractivity contribution < 1.29 is 34.5 Å². The molecule has 9 heteroatoms. The lowest BCUT2D eigenvalue weighted by molar-refractivity contribution is -0.640. The Kier molecular flexibility index (Phi) is 9.60. The van der Waals surface area contributed by atoms with E-state index >= 15 is 0 Å². The van der Waals surface area contributed by atoms with Gasteiger partial charge < -0.3 is 19.0 Å². The second-order valence-corrected chi connectivity index (χ2v) is 8.77. The van der Waals surface area contributed by atoms with Gasteiger partial charge >= 0.3 is 5.97 Å². The highest BCUT2D eigenvalue weighted by Crippen LogP contribution is 2.25. The number of hydrogen-bond donors (Lipinski definition) is 4. The summed E-state index contributed by atoms with van der Waals surface area (Å²) in [4.78, 5) is 17.4. The molecule has 0 saturated carbocycles. The van der Waals surface area contributed by atoms with E-state index in [4.69, 9.17) is 19.7 Å². The minimum Gasteiger partial charge on any atom is -0.493 e. The van der Waals surface area contributed by atoms with Crippen LogP contribution >= 0.6 is 0 Å². The first kappa shape index (κ1) is 27.7. The van der Waals surface area contributed by atoms with Gasteiger partial charge in [0.05, 0.1) is 18.9 Å². The smallest absolute Gasteiger partial charge is 0.399 e. The Hall–Kier alpha value is -4.28. The number of benzene rings is 3. The van der Waals surface area contributed by atoms with Gasteiger partial charge in [0, 0.05) is 12.0 Å². The SMILES string of the molecule is CCOC(=O)C([NH2+]c1ccccc1)=C([NH2+]N)C(O)c1cccc(OCCc2nc(-c3ccccc3)oc2C)c1. The molecule has 4 rings (SSSR count). The van der Waals surface area contributed by atoms with Crippen LogP contribution in [-0.4, -0.2) is 29.3 Å². The zero-order chi connectivity index (χ0) is 27.6. The number of aromatic nitrogens is 1. The Balaban J connectivity index is 1.49. The Morgan fingerprint density at radius 1 is 1.05 bits per heavy atom. The van der Waals surface area contributed by atoms with Crippen LogP contribution in [0.2, 0.25) is 0 Å². The van der Waals surface area contributed by atoms with E-state index in [9.17, 15) is 9.90 Å². The maximum atomic E-state index is 12.8. The average molecular weight is 531 g/mol. The standard InChI is InChI=1S/C30H32N4O5/c1-3-37-30(36)27(32-23-14-8-5-9-15-23)26(34-31)28(35)22-13-10-16-24(19-22)38-18-17-25-20(2)39-29(33-25)21-11-6-4-7-12-21/h4-16,19,28,32,34-35H,3,17-18,31H2,1-2H3/p+2. The van der Waals surface area contributed by atoms with Crippen molar-refractivity contribution in [3.63, 3.8) is 0 Å². The normalized spacial score (nSPS) is 12.5. The number of carbonyl (C=O) groups is 1. The molecule has 0 radical (unpaired) electrons. The number of oxazole rings is 1. The number of aryl methyl sites for hydroxylation is 1. The molecule has 0 saturated heterocycles. The average Bonchev–Trinajstić information content (AvgIpc) is 3.34. The van der Waals surface area contributed by atoms with E-state index in [-0.39, 0.29) is 18.0 Å². The van der Waals surface area contributed by atoms with Crippen molar-refractivity contribution in [2.45, 2.75) is 26.4 Å². The van der Waals surface area contributed by atoms with E-state index in [0.29, 0.717) is 30.2 Å². The summed E-state index contributed by atoms with van der Waals surface area (Å²) in [5.74, 6) is 7.25. The molecule has 1 aromatic heterocycles. The molecule has 4 aromatic rings. The predicted molar refractivity (Wildman–Crippen MR) is 145 cm³/mol. The molecule has 1 unspecified atom stereocenters. The molecule has 39 heavy (non-hydrogen) atoms. The molecule has 0 fully saturated rings. The summed E-state index contributed by atoms with van der Waals surface area (Å²) in [6, 6.07) is 26.1. The maximum absolute atomic E-state index is 12.8. The number of quaternary nitrogens is 2. The molecule has 9 nitrogen and oxygen atoms in total. The van der Waals surface area contributed by atoms with Gasteiger partial charge in [-0.05, 0) is 55.8 Å². The van der Waals surface area contributed by atoms with Crippen LogP contribution in [0.4, 0.5) is 5.69 Å². The predicted octanol–water partition coefficient (Wildman–Crippen LogP) is 2.41. The number of aliphatic hydroxyl groups is 1. The third-order valence-corrected chi connectivity index (χ3v) is 6.09. The largest absolute Gasteiger partial charge is 0.493 e. The molecule has 0 aliphatic carbocycles. The Morgan fingerprint density at radius 3 is 2.46 bits per heavy atom. The summed E-state index contributed by atoms with van der Waals surface area (Å²) in [6.45, 7) is 4.17. The van der Waals surface area contributed by atoms with Gasteiger partial charge in [-0.3, -0.25) is 5.32 Å². The summed E-state index contributed by atoms with van der Waals surface area (Å²) in [6.07, 6.45) is -0.625. The fourth-order valence-electron chi connectivity index (χ4n) is 4.10. The number of carbonyl (C=O) groups excluding carboxylic acids is 1. The number of rotatable bonds is 12. The minimum absolute atomic E-state index is 0.181. The molecule has 7 N–H and O–H groups in total. The van der Waals surface area contributed by atoms with Crippen molar-refractivity contribution in [3.05, 3.63) is 113 Å². The zero-order valence-corrected chi connectivity index (χ0v) is 22.0. The van der Waals surface area contributed by atoms with Crippen LogP contribution < -0.4 is 21.3 Å². The van der Waals surface area contributed by atoms with Crippen LogP contribution in [0, 0.1) is 6.92 Å². The fourth-order valence-corrected chi connectivity index (χ4v) is 4.10. The molecule has 202 valence electrons. The first-order valence-corrected chi connectivity index (χ1v) is 12.8. The van der Waals surface area contributed by atoms with Crippen LogP contribution in [0.15, 0.2) is 101 Å². The van der Waals surface area contributed by atoms with Crippen LogP contribution in [0.5, 0.6) is 5.75 Å². The Labute approximate surface area is 227 Å². The lowest BCUT2D eigenvalue weighted by Gasteiger charge is -2.15. The molecule has 3 aromatic carbocycles. The third kappa shape index (κ3) is 7.18. The van der Waals surface area contributed by atoms with E-state index in [0.717, 1.165) is 22.7 Å². The molecule has 0 aliphatic heterocycles. The number of nitrogens with two attached hydrogens (primary N) is 3. The highest BCUT2D eigenvalue weighted by atomic mass is 16.5. The van der Waals surface area contributed by atoms with E-state index in [1.165, 1.54) is 5.43 Å². The van der Waals surface area contributed by atoms with Crippen molar-refractivity contribution in [1.29, 1.82) is 0 Å². The van der Waals surface area contributed by atoms with Gasteiger partial charge in [-0.1, -0.05) is 48.5 Å². The monoisotopic (exact) mass is 530 g/mol. The fraction of sp³-hybridized carbons (Fsp3) is 0.200. The minimum atomic E-state index is -1.18. The third-order valence-electron chi connectivity index (χ3n) is 6.09. The van der Waals surface area contributed by atoms with Crippen LogP contribution in [0.1, 0.15) is 30.0 Å². The number of ether oxygens (including phenoxy) is 2. The van der Waals surface area contributed by atoms with E-state index in [2.05, 4.69) is 4.98 Å². The maximum Gasteiger partial charge on any atom is 0.399 e. The zero-order valence-electron chi connectivity index (χ0n) is 22.0. The second-order valence-electron chi connectivity index (χ2n) is 8.77. The van der Waals surface area contributed by atoms with Crippen LogP contribution in [0.3, 0.4) is 0 Å². The van der Waals surface area contributed by atoms with Gasteiger partial charge in [-0.25, -0.2) is 15.2 Å². The quantitative estimate of drug-likeness (QED) is 0.0725. The topological polar surface area (TPSA) is 141 Å². The molecule has 0 aliphatic rings. The van der Waals surface area contributed by atoms with Gasteiger partial charge in [-0.15, -0.1) is 0 Å². The highest BCUT2D eigenvalue weighted by Gasteiger charge is 2.31. The van der Waals surface area contributed by atoms with E-state index < -0.39 is 12.1 Å². The molecule has 1 heterocycles. The summed E-state index contributed by atoms with van der Waals surface area (Å²) >= 11 is 0. The number of aliphatic hydroxyl groups excluding tert-OH is 1. The number of para-hydroxylation sites is 1. The molecule has 0 amide bonds. The van der Waals surface area contributed by atoms with Gasteiger partial charge in [0.1, 0.15) is 17.2 Å². The number of nitrogens with zero attached hydrogens (tertiary/aromatic N) is 1. The van der Waals surface area contributed by atoms with Crippen LogP contribution in [-0.2, 0) is 16.0 Å². The van der Waals surface area contributed by atoms with Crippen molar-refractivity contribution in [2.24, 2.45) is 5.84 Å². The van der Waals surface area contributed by atoms with Crippen LogP contribution in [0.25, 0.3) is 11.5 Å². The first-order chi connectivity index (χ1) is 19.0. The summed E-state index contributed by atoms with van der Waals surface area (Å²) in [5, 5.41) is 12.9. The second kappa shape index (κ2) is 13.5. The van der Waals surface area contributed by atoms with E-state index in [1.54, 1.807) is 36.5 Å². The van der Waals surface area contributed by atoms with Crippen molar-refractivity contribution in [1.82, 2.24) is 4.98 Å². The van der Waals surface area contributed by atoms with E-state index in [1.807, 2.05) is 67.6 Å².